The van der Waals surface area contributed by atoms with Gasteiger partial charge in [-0.25, -0.2) is 0 Å². The molecule has 1 N–H and O–H groups in total. The molecule has 1 rings (SSSR count). The zero-order chi connectivity index (χ0) is 15.3. The van der Waals surface area contributed by atoms with E-state index in [4.69, 9.17) is 0 Å². The third-order valence-electron chi connectivity index (χ3n) is 3.43. The summed E-state index contributed by atoms with van der Waals surface area (Å²) in [5.41, 5.74) is 0.918. The molecule has 0 fully saturated rings. The molecular formula is C15H25N3O2. The average molecular weight is 279 g/mol. The van der Waals surface area contributed by atoms with Crippen LogP contribution in [-0.2, 0) is 0 Å². The largest absolute Gasteiger partial charge is 0.308 e. The van der Waals surface area contributed by atoms with Crippen LogP contribution in [0.2, 0.25) is 0 Å². The first-order valence-corrected chi connectivity index (χ1v) is 6.97. The van der Waals surface area contributed by atoms with E-state index < -0.39 is 0 Å². The number of rotatable bonds is 7. The lowest BCUT2D eigenvalue weighted by atomic mass is 10.00. The second-order valence-corrected chi connectivity index (χ2v) is 5.82. The summed E-state index contributed by atoms with van der Waals surface area (Å²) >= 11 is 0. The lowest BCUT2D eigenvalue weighted by Crippen LogP contribution is -2.43. The lowest BCUT2D eigenvalue weighted by Gasteiger charge is -2.29. The molecule has 2 atom stereocenters. The third kappa shape index (κ3) is 4.58. The summed E-state index contributed by atoms with van der Waals surface area (Å²) in [7, 11) is 4.07. The van der Waals surface area contributed by atoms with Crippen LogP contribution in [0.4, 0.5) is 5.69 Å². The summed E-state index contributed by atoms with van der Waals surface area (Å²) in [6, 6.07) is 7.17. The van der Waals surface area contributed by atoms with Crippen molar-refractivity contribution >= 4 is 5.69 Å². The molecule has 2 unspecified atom stereocenters. The van der Waals surface area contributed by atoms with E-state index in [1.165, 1.54) is 0 Å². The number of nitro groups is 1. The molecule has 5 heteroatoms. The van der Waals surface area contributed by atoms with Gasteiger partial charge < -0.3 is 10.2 Å². The molecule has 1 aromatic rings. The van der Waals surface area contributed by atoms with Crippen LogP contribution in [0.25, 0.3) is 0 Å². The highest BCUT2D eigenvalue weighted by Crippen LogP contribution is 2.25. The molecule has 0 radical (unpaired) electrons. The van der Waals surface area contributed by atoms with E-state index in [2.05, 4.69) is 24.1 Å². The first kappa shape index (κ1) is 16.6. The number of nitro benzene ring substituents is 1. The van der Waals surface area contributed by atoms with Gasteiger partial charge in [-0.3, -0.25) is 10.1 Å². The summed E-state index contributed by atoms with van der Waals surface area (Å²) in [6.07, 6.45) is 0. The van der Waals surface area contributed by atoms with E-state index in [0.29, 0.717) is 12.0 Å². The highest BCUT2D eigenvalue weighted by atomic mass is 16.6. The van der Waals surface area contributed by atoms with Crippen LogP contribution < -0.4 is 5.32 Å². The summed E-state index contributed by atoms with van der Waals surface area (Å²) < 4.78 is 0. The number of likely N-dealkylation sites (N-methyl/N-ethyl adjacent to an activating group) is 1. The van der Waals surface area contributed by atoms with Crippen LogP contribution in [0, 0.1) is 16.0 Å². The Morgan fingerprint density at radius 2 is 1.85 bits per heavy atom. The Morgan fingerprint density at radius 1 is 1.25 bits per heavy atom. The summed E-state index contributed by atoms with van der Waals surface area (Å²) in [5.74, 6) is 0.461. The van der Waals surface area contributed by atoms with E-state index in [-0.39, 0.29) is 16.7 Å². The first-order chi connectivity index (χ1) is 9.32. The van der Waals surface area contributed by atoms with Crippen LogP contribution in [0.5, 0.6) is 0 Å². The molecule has 0 saturated carbocycles. The quantitative estimate of drug-likeness (QED) is 0.616. The molecule has 0 spiro atoms. The molecule has 0 aromatic heterocycles. The van der Waals surface area contributed by atoms with Crippen molar-refractivity contribution in [2.45, 2.75) is 32.9 Å². The number of hydrogen-bond acceptors (Lipinski definition) is 4. The van der Waals surface area contributed by atoms with Gasteiger partial charge in [0.1, 0.15) is 0 Å². The second-order valence-electron chi connectivity index (χ2n) is 5.82. The molecule has 0 aliphatic rings. The summed E-state index contributed by atoms with van der Waals surface area (Å²) in [6.45, 7) is 7.20. The minimum atomic E-state index is -0.316. The predicted octanol–water partition coefficient (Wildman–Crippen LogP) is 2.83. The van der Waals surface area contributed by atoms with Crippen molar-refractivity contribution in [3.05, 3.63) is 39.9 Å². The molecule has 0 bridgehead atoms. The fourth-order valence-corrected chi connectivity index (χ4v) is 2.28. The molecule has 112 valence electrons. The Hall–Kier alpha value is -1.46. The van der Waals surface area contributed by atoms with Gasteiger partial charge >= 0.3 is 0 Å². The van der Waals surface area contributed by atoms with Gasteiger partial charge in [-0.2, -0.15) is 0 Å². The number of benzene rings is 1. The Kier molecular flexibility index (Phi) is 6.10. The maximum absolute atomic E-state index is 11.1. The minimum absolute atomic E-state index is 0.0519. The van der Waals surface area contributed by atoms with Crippen molar-refractivity contribution in [2.24, 2.45) is 5.92 Å². The van der Waals surface area contributed by atoms with Gasteiger partial charge in [0.05, 0.1) is 4.92 Å². The van der Waals surface area contributed by atoms with Crippen molar-refractivity contribution in [2.75, 3.05) is 20.6 Å². The van der Waals surface area contributed by atoms with Crippen LogP contribution >= 0.6 is 0 Å². The second kappa shape index (κ2) is 7.36. The highest BCUT2D eigenvalue weighted by molar-refractivity contribution is 5.41. The molecule has 0 aliphatic heterocycles. The molecule has 0 aliphatic carbocycles. The molecule has 0 heterocycles. The normalized spacial score (nSPS) is 14.6. The molecule has 20 heavy (non-hydrogen) atoms. The number of hydrogen-bond donors (Lipinski definition) is 1. The van der Waals surface area contributed by atoms with E-state index in [1.54, 1.807) is 12.1 Å². The summed E-state index contributed by atoms with van der Waals surface area (Å²) in [4.78, 5) is 12.9. The smallest absolute Gasteiger partial charge is 0.274 e. The molecule has 0 saturated heterocycles. The predicted molar refractivity (Wildman–Crippen MR) is 81.8 cm³/mol. The zero-order valence-electron chi connectivity index (χ0n) is 13.0. The molecule has 5 nitrogen and oxygen atoms in total. The van der Waals surface area contributed by atoms with Crippen LogP contribution in [0.3, 0.4) is 0 Å². The van der Waals surface area contributed by atoms with Crippen molar-refractivity contribution in [1.29, 1.82) is 0 Å². The fourth-order valence-electron chi connectivity index (χ4n) is 2.28. The molecular weight excluding hydrogens is 254 g/mol. The van der Waals surface area contributed by atoms with E-state index in [0.717, 1.165) is 12.1 Å². The molecule has 0 amide bonds. The Labute approximate surface area is 121 Å². The highest BCUT2D eigenvalue weighted by Gasteiger charge is 2.22. The van der Waals surface area contributed by atoms with E-state index in [1.807, 2.05) is 33.2 Å². The Balaban J connectivity index is 2.89. The van der Waals surface area contributed by atoms with Gasteiger partial charge in [0.2, 0.25) is 0 Å². The first-order valence-electron chi connectivity index (χ1n) is 6.97. The maximum Gasteiger partial charge on any atom is 0.274 e. The Bertz CT molecular complexity index is 446. The van der Waals surface area contributed by atoms with E-state index >= 15 is 0 Å². The minimum Gasteiger partial charge on any atom is -0.308 e. The van der Waals surface area contributed by atoms with Gasteiger partial charge in [0, 0.05) is 30.3 Å². The van der Waals surface area contributed by atoms with Crippen molar-refractivity contribution in [3.8, 4) is 0 Å². The number of nitrogens with zero attached hydrogens (tertiary/aromatic N) is 2. The SMILES string of the molecule is CC(NC(CN(C)C)C(C)C)c1ccccc1[N+](=O)[O-]. The third-order valence-corrected chi connectivity index (χ3v) is 3.43. The van der Waals surface area contributed by atoms with Crippen molar-refractivity contribution in [1.82, 2.24) is 10.2 Å². The maximum atomic E-state index is 11.1. The van der Waals surface area contributed by atoms with Gasteiger partial charge in [-0.15, -0.1) is 0 Å². The van der Waals surface area contributed by atoms with E-state index in [9.17, 15) is 10.1 Å². The van der Waals surface area contributed by atoms with Crippen LogP contribution in [-0.4, -0.2) is 36.5 Å². The molecule has 1 aromatic carbocycles. The number of para-hydroxylation sites is 1. The average Bonchev–Trinajstić information content (AvgIpc) is 2.37. The zero-order valence-corrected chi connectivity index (χ0v) is 13.0. The lowest BCUT2D eigenvalue weighted by molar-refractivity contribution is -0.385. The standard InChI is InChI=1S/C15H25N3O2/c1-11(2)14(10-17(4)5)16-12(3)13-8-6-7-9-15(13)18(19)20/h6-9,11-12,14,16H,10H2,1-5H3. The van der Waals surface area contributed by atoms with Gasteiger partial charge in [-0.1, -0.05) is 32.0 Å². The van der Waals surface area contributed by atoms with Crippen LogP contribution in [0.1, 0.15) is 32.4 Å². The van der Waals surface area contributed by atoms with Gasteiger partial charge in [-0.05, 0) is 26.9 Å². The van der Waals surface area contributed by atoms with Gasteiger partial charge in [0.25, 0.3) is 5.69 Å². The topological polar surface area (TPSA) is 58.4 Å². The number of nitrogens with one attached hydrogen (secondary N) is 1. The summed E-state index contributed by atoms with van der Waals surface area (Å²) in [5, 5.41) is 14.6. The Morgan fingerprint density at radius 3 is 2.35 bits per heavy atom. The fraction of sp³-hybridized carbons (Fsp3) is 0.600. The van der Waals surface area contributed by atoms with Crippen molar-refractivity contribution in [3.63, 3.8) is 0 Å². The van der Waals surface area contributed by atoms with Gasteiger partial charge in [0.15, 0.2) is 0 Å². The van der Waals surface area contributed by atoms with Crippen molar-refractivity contribution < 1.29 is 4.92 Å². The monoisotopic (exact) mass is 279 g/mol. The van der Waals surface area contributed by atoms with Crippen LogP contribution in [0.15, 0.2) is 24.3 Å².